The molecule has 1 fully saturated rings. The summed E-state index contributed by atoms with van der Waals surface area (Å²) in [5.74, 6) is 1.83. The van der Waals surface area contributed by atoms with Crippen LogP contribution in [0.3, 0.4) is 0 Å². The maximum Gasteiger partial charge on any atom is 0.488 e. The van der Waals surface area contributed by atoms with Gasteiger partial charge in [-0.2, -0.15) is 11.8 Å². The molecule has 2 N–H and O–H groups in total. The summed E-state index contributed by atoms with van der Waals surface area (Å²) in [7, 11) is -1.61. The van der Waals surface area contributed by atoms with Gasteiger partial charge in [0.05, 0.1) is 0 Å². The molecule has 0 atom stereocenters. The summed E-state index contributed by atoms with van der Waals surface area (Å²) in [5, 5.41) is 18.6. The zero-order valence-electron chi connectivity index (χ0n) is 10.2. The third-order valence-electron chi connectivity index (χ3n) is 3.09. The van der Waals surface area contributed by atoms with Gasteiger partial charge in [-0.25, -0.2) is 4.39 Å². The van der Waals surface area contributed by atoms with Gasteiger partial charge in [-0.15, -0.1) is 0 Å². The molecule has 98 valence electrons. The van der Waals surface area contributed by atoms with Crippen molar-refractivity contribution >= 4 is 24.3 Å². The minimum absolute atomic E-state index is 0.270. The Labute approximate surface area is 111 Å². The Kier molecular flexibility index (Phi) is 5.06. The van der Waals surface area contributed by atoms with Crippen molar-refractivity contribution in [3.05, 3.63) is 29.6 Å². The number of rotatable bonds is 3. The molecule has 0 saturated carbocycles. The van der Waals surface area contributed by atoms with Crippen LogP contribution in [0, 0.1) is 5.82 Å². The highest BCUT2D eigenvalue weighted by molar-refractivity contribution is 7.99. The van der Waals surface area contributed by atoms with Crippen LogP contribution in [-0.4, -0.2) is 46.7 Å². The molecule has 1 aromatic carbocycles. The van der Waals surface area contributed by atoms with Gasteiger partial charge >= 0.3 is 7.12 Å². The van der Waals surface area contributed by atoms with Gasteiger partial charge in [0.1, 0.15) is 5.82 Å². The van der Waals surface area contributed by atoms with E-state index in [1.54, 1.807) is 6.07 Å². The lowest BCUT2D eigenvalue weighted by atomic mass is 9.77. The third kappa shape index (κ3) is 3.72. The van der Waals surface area contributed by atoms with Crippen LogP contribution in [0.1, 0.15) is 12.0 Å². The van der Waals surface area contributed by atoms with E-state index < -0.39 is 12.9 Å². The van der Waals surface area contributed by atoms with Crippen molar-refractivity contribution < 1.29 is 14.4 Å². The summed E-state index contributed by atoms with van der Waals surface area (Å²) < 4.78 is 13.1. The van der Waals surface area contributed by atoms with Gasteiger partial charge in [-0.1, -0.05) is 6.07 Å². The Morgan fingerprint density at radius 1 is 1.28 bits per heavy atom. The molecule has 1 aromatic rings. The first-order chi connectivity index (χ1) is 8.66. The number of thioether (sulfide) groups is 1. The summed E-state index contributed by atoms with van der Waals surface area (Å²) in [5.41, 5.74) is 1.06. The van der Waals surface area contributed by atoms with E-state index in [-0.39, 0.29) is 5.46 Å². The Morgan fingerprint density at radius 3 is 2.89 bits per heavy atom. The van der Waals surface area contributed by atoms with E-state index in [9.17, 15) is 14.4 Å². The Bertz CT molecular complexity index is 398. The zero-order valence-corrected chi connectivity index (χ0v) is 11.0. The maximum atomic E-state index is 13.1. The molecule has 3 nitrogen and oxygen atoms in total. The molecule has 1 heterocycles. The smallest absolute Gasteiger partial charge is 0.423 e. The molecule has 0 radical (unpaired) electrons. The highest BCUT2D eigenvalue weighted by Gasteiger charge is 2.19. The van der Waals surface area contributed by atoms with Crippen molar-refractivity contribution in [3.63, 3.8) is 0 Å². The maximum absolute atomic E-state index is 13.1. The topological polar surface area (TPSA) is 43.7 Å². The second-order valence-electron chi connectivity index (χ2n) is 4.46. The van der Waals surface area contributed by atoms with Crippen molar-refractivity contribution in [1.29, 1.82) is 0 Å². The van der Waals surface area contributed by atoms with Crippen LogP contribution in [0.4, 0.5) is 4.39 Å². The first kappa shape index (κ1) is 13.9. The van der Waals surface area contributed by atoms with Gasteiger partial charge in [-0.3, -0.25) is 4.90 Å². The first-order valence-corrected chi connectivity index (χ1v) is 7.27. The predicted octanol–water partition coefficient (Wildman–Crippen LogP) is 0.444. The summed E-state index contributed by atoms with van der Waals surface area (Å²) in [6, 6.07) is 4.21. The average molecular weight is 269 g/mol. The fourth-order valence-corrected chi connectivity index (χ4v) is 3.07. The Morgan fingerprint density at radius 2 is 2.11 bits per heavy atom. The lowest BCUT2D eigenvalue weighted by molar-refractivity contribution is 0.287. The van der Waals surface area contributed by atoms with E-state index in [2.05, 4.69) is 4.90 Å². The zero-order chi connectivity index (χ0) is 13.0. The molecule has 0 unspecified atom stereocenters. The van der Waals surface area contributed by atoms with Gasteiger partial charge in [0.25, 0.3) is 0 Å². The number of benzene rings is 1. The predicted molar refractivity (Wildman–Crippen MR) is 73.4 cm³/mol. The molecule has 0 amide bonds. The summed E-state index contributed by atoms with van der Waals surface area (Å²) in [6.07, 6.45) is 1.14. The van der Waals surface area contributed by atoms with Crippen LogP contribution in [0.25, 0.3) is 0 Å². The lowest BCUT2D eigenvalue weighted by Crippen LogP contribution is -2.36. The third-order valence-corrected chi connectivity index (χ3v) is 4.14. The quantitative estimate of drug-likeness (QED) is 0.782. The van der Waals surface area contributed by atoms with Gasteiger partial charge in [0, 0.05) is 18.8 Å². The minimum atomic E-state index is -1.61. The average Bonchev–Trinajstić information content (AvgIpc) is 2.60. The summed E-state index contributed by atoms with van der Waals surface area (Å²) in [4.78, 5) is 2.28. The molecule has 1 aliphatic rings. The molecule has 0 bridgehead atoms. The molecule has 1 saturated heterocycles. The molecule has 18 heavy (non-hydrogen) atoms. The van der Waals surface area contributed by atoms with E-state index in [0.717, 1.165) is 30.8 Å². The minimum Gasteiger partial charge on any atom is -0.423 e. The fourth-order valence-electron chi connectivity index (χ4n) is 2.15. The van der Waals surface area contributed by atoms with Crippen LogP contribution >= 0.6 is 11.8 Å². The van der Waals surface area contributed by atoms with Gasteiger partial charge < -0.3 is 10.0 Å². The highest BCUT2D eigenvalue weighted by atomic mass is 32.2. The Hall–Kier alpha value is -0.555. The second-order valence-corrected chi connectivity index (χ2v) is 5.68. The molecule has 0 spiro atoms. The summed E-state index contributed by atoms with van der Waals surface area (Å²) >= 11 is 1.94. The first-order valence-electron chi connectivity index (χ1n) is 6.11. The number of halogens is 1. The van der Waals surface area contributed by atoms with E-state index >= 15 is 0 Å². The second kappa shape index (κ2) is 6.56. The lowest BCUT2D eigenvalue weighted by Gasteiger charge is -2.21. The number of hydrogen-bond donors (Lipinski definition) is 2. The van der Waals surface area contributed by atoms with Crippen LogP contribution < -0.4 is 5.46 Å². The molecular weight excluding hydrogens is 252 g/mol. The Balaban J connectivity index is 2.12. The van der Waals surface area contributed by atoms with Crippen molar-refractivity contribution in [1.82, 2.24) is 4.90 Å². The van der Waals surface area contributed by atoms with Gasteiger partial charge in [0.2, 0.25) is 0 Å². The van der Waals surface area contributed by atoms with Crippen molar-refractivity contribution in [2.75, 3.05) is 24.6 Å². The normalized spacial score (nSPS) is 17.5. The monoisotopic (exact) mass is 269 g/mol. The van der Waals surface area contributed by atoms with Crippen molar-refractivity contribution in [2.45, 2.75) is 13.0 Å². The highest BCUT2D eigenvalue weighted by Crippen LogP contribution is 2.13. The van der Waals surface area contributed by atoms with E-state index in [1.165, 1.54) is 17.9 Å². The van der Waals surface area contributed by atoms with E-state index in [4.69, 9.17) is 0 Å². The van der Waals surface area contributed by atoms with Gasteiger partial charge in [-0.05, 0) is 41.9 Å². The number of hydrogen-bond acceptors (Lipinski definition) is 4. The molecule has 6 heteroatoms. The standard InChI is InChI=1S/C12H17BFNO2S/c14-11-3-2-10(12(8-11)13(16)17)9-15-4-1-6-18-7-5-15/h2-3,8,16-17H,1,4-7,9H2. The van der Waals surface area contributed by atoms with Crippen LogP contribution in [-0.2, 0) is 6.54 Å². The van der Waals surface area contributed by atoms with Gasteiger partial charge in [0.15, 0.2) is 0 Å². The number of nitrogens with zero attached hydrogens (tertiary/aromatic N) is 1. The molecule has 0 aliphatic carbocycles. The summed E-state index contributed by atoms with van der Waals surface area (Å²) in [6.45, 7) is 2.64. The van der Waals surface area contributed by atoms with Crippen LogP contribution in [0.15, 0.2) is 18.2 Å². The SMILES string of the molecule is OB(O)c1cc(F)ccc1CN1CCCSCC1. The molecular formula is C12H17BFNO2S. The van der Waals surface area contributed by atoms with Crippen LogP contribution in [0.2, 0.25) is 0 Å². The van der Waals surface area contributed by atoms with Crippen LogP contribution in [0.5, 0.6) is 0 Å². The van der Waals surface area contributed by atoms with E-state index in [0.29, 0.717) is 6.54 Å². The molecule has 1 aliphatic heterocycles. The van der Waals surface area contributed by atoms with Crippen molar-refractivity contribution in [3.8, 4) is 0 Å². The van der Waals surface area contributed by atoms with Crippen molar-refractivity contribution in [2.24, 2.45) is 0 Å². The molecule has 0 aromatic heterocycles. The fraction of sp³-hybridized carbons (Fsp3) is 0.500. The largest absolute Gasteiger partial charge is 0.488 e. The molecule has 2 rings (SSSR count). The van der Waals surface area contributed by atoms with E-state index in [1.807, 2.05) is 11.8 Å².